The maximum absolute atomic E-state index is 10.8. The van der Waals surface area contributed by atoms with Crippen molar-refractivity contribution in [3.63, 3.8) is 0 Å². The van der Waals surface area contributed by atoms with Gasteiger partial charge in [0, 0.05) is 50.7 Å². The SMILES string of the molecule is C=CC1=C(/C=C(/C=C\C(C)/N=C/CN(C)CCC)C(=C)CN)c2ccc(CN/C(CN(CCC)C(=C)CNC=O)=N\C)cc2CO1. The first kappa shape index (κ1) is 38.0. The van der Waals surface area contributed by atoms with Crippen molar-refractivity contribution in [3.8, 4) is 0 Å². The van der Waals surface area contributed by atoms with Crippen molar-refractivity contribution < 1.29 is 9.53 Å². The summed E-state index contributed by atoms with van der Waals surface area (Å²) in [4.78, 5) is 24.3. The number of aliphatic imine (C=N–C) groups is 2. The van der Waals surface area contributed by atoms with Crippen LogP contribution in [0.2, 0.25) is 0 Å². The van der Waals surface area contributed by atoms with Gasteiger partial charge in [0.2, 0.25) is 6.41 Å². The van der Waals surface area contributed by atoms with Crippen LogP contribution in [0.15, 0.2) is 94.8 Å². The zero-order chi connectivity index (χ0) is 33.9. The molecule has 0 aromatic heterocycles. The monoisotopic (exact) mass is 629 g/mol. The van der Waals surface area contributed by atoms with Gasteiger partial charge in [-0.15, -0.1) is 0 Å². The number of fused-ring (bicyclic) bond motifs is 1. The lowest BCUT2D eigenvalue weighted by atomic mass is 9.92. The number of allylic oxidation sites excluding steroid dienone is 4. The largest absolute Gasteiger partial charge is 0.488 e. The van der Waals surface area contributed by atoms with Gasteiger partial charge in [0.1, 0.15) is 18.2 Å². The molecule has 46 heavy (non-hydrogen) atoms. The Labute approximate surface area is 277 Å². The molecule has 9 nitrogen and oxygen atoms in total. The fourth-order valence-electron chi connectivity index (χ4n) is 4.96. The minimum absolute atomic E-state index is 0.0125. The third-order valence-electron chi connectivity index (χ3n) is 7.58. The molecule has 0 saturated heterocycles. The molecular formula is C37H55N7O2. The Morgan fingerprint density at radius 3 is 2.63 bits per heavy atom. The number of amides is 1. The highest BCUT2D eigenvalue weighted by Crippen LogP contribution is 2.33. The summed E-state index contributed by atoms with van der Waals surface area (Å²) in [5.74, 6) is 1.57. The van der Waals surface area contributed by atoms with Crippen LogP contribution in [0, 0.1) is 0 Å². The van der Waals surface area contributed by atoms with Gasteiger partial charge < -0.3 is 30.9 Å². The Kier molecular flexibility index (Phi) is 17.1. The number of hydrogen-bond donors (Lipinski definition) is 3. The highest BCUT2D eigenvalue weighted by molar-refractivity contribution is 5.84. The van der Waals surface area contributed by atoms with Crippen molar-refractivity contribution in [3.05, 3.63) is 102 Å². The van der Waals surface area contributed by atoms with E-state index in [0.717, 1.165) is 83.2 Å². The molecule has 0 saturated carbocycles. The average molecular weight is 630 g/mol. The first-order valence-electron chi connectivity index (χ1n) is 16.1. The van der Waals surface area contributed by atoms with Crippen LogP contribution in [-0.2, 0) is 22.7 Å². The van der Waals surface area contributed by atoms with Crippen molar-refractivity contribution in [1.82, 2.24) is 20.4 Å². The van der Waals surface area contributed by atoms with Gasteiger partial charge in [0.15, 0.2) is 0 Å². The number of nitrogens with two attached hydrogens (primary N) is 1. The molecule has 9 heteroatoms. The Hall–Kier alpha value is -4.21. The van der Waals surface area contributed by atoms with Crippen LogP contribution in [-0.4, -0.2) is 87.7 Å². The second-order valence-corrected chi connectivity index (χ2v) is 11.4. The van der Waals surface area contributed by atoms with Crippen molar-refractivity contribution in [1.29, 1.82) is 0 Å². The van der Waals surface area contributed by atoms with Gasteiger partial charge in [-0.05, 0) is 79.4 Å². The number of amidine groups is 1. The zero-order valence-corrected chi connectivity index (χ0v) is 28.6. The summed E-state index contributed by atoms with van der Waals surface area (Å²) in [5, 5.41) is 6.17. The van der Waals surface area contributed by atoms with Crippen LogP contribution in [0.3, 0.4) is 0 Å². The van der Waals surface area contributed by atoms with E-state index in [0.29, 0.717) is 39.2 Å². The molecule has 1 aromatic rings. The Bertz CT molecular complexity index is 1340. The molecule has 1 aliphatic rings. The first-order chi connectivity index (χ1) is 22.2. The van der Waals surface area contributed by atoms with Crippen LogP contribution >= 0.6 is 0 Å². The number of nitrogens with zero attached hydrogens (tertiary/aromatic N) is 4. The summed E-state index contributed by atoms with van der Waals surface area (Å²) in [6.07, 6.45) is 12.7. The minimum atomic E-state index is 0.0125. The van der Waals surface area contributed by atoms with Crippen molar-refractivity contribution in [2.75, 3.05) is 53.4 Å². The normalized spacial score (nSPS) is 14.3. The van der Waals surface area contributed by atoms with E-state index in [1.165, 1.54) is 0 Å². The van der Waals surface area contributed by atoms with E-state index < -0.39 is 0 Å². The summed E-state index contributed by atoms with van der Waals surface area (Å²) in [7, 11) is 3.88. The molecule has 1 aromatic carbocycles. The Balaban J connectivity index is 2.25. The molecule has 0 aliphatic carbocycles. The number of ether oxygens (including phenoxy) is 1. The van der Waals surface area contributed by atoms with Crippen LogP contribution in [0.4, 0.5) is 0 Å². The quantitative estimate of drug-likeness (QED) is 0.0765. The van der Waals surface area contributed by atoms with Gasteiger partial charge in [-0.2, -0.15) is 0 Å². The molecule has 2 rings (SSSR count). The fourth-order valence-corrected chi connectivity index (χ4v) is 4.96. The minimum Gasteiger partial charge on any atom is -0.488 e. The van der Waals surface area contributed by atoms with Gasteiger partial charge >= 0.3 is 0 Å². The molecule has 1 atom stereocenters. The topological polar surface area (TPSA) is 108 Å². The van der Waals surface area contributed by atoms with E-state index in [4.69, 9.17) is 10.5 Å². The number of hydrogen-bond acceptors (Lipinski definition) is 7. The van der Waals surface area contributed by atoms with Gasteiger partial charge in [0.05, 0.1) is 19.1 Å². The molecule has 1 unspecified atom stereocenters. The lowest BCUT2D eigenvalue weighted by molar-refractivity contribution is -0.109. The maximum Gasteiger partial charge on any atom is 0.207 e. The van der Waals surface area contributed by atoms with Gasteiger partial charge in [0.25, 0.3) is 0 Å². The molecule has 1 aliphatic heterocycles. The van der Waals surface area contributed by atoms with E-state index >= 15 is 0 Å². The number of rotatable bonds is 21. The summed E-state index contributed by atoms with van der Waals surface area (Å²) >= 11 is 0. The predicted molar refractivity (Wildman–Crippen MR) is 195 cm³/mol. The van der Waals surface area contributed by atoms with E-state index in [2.05, 4.69) is 108 Å². The maximum atomic E-state index is 10.8. The van der Waals surface area contributed by atoms with Gasteiger partial charge in [-0.3, -0.25) is 14.8 Å². The fraction of sp³-hybridized carbons (Fsp3) is 0.432. The zero-order valence-electron chi connectivity index (χ0n) is 28.6. The number of carbonyl (C=O) groups excluding carboxylic acids is 1. The molecule has 0 fully saturated rings. The summed E-state index contributed by atoms with van der Waals surface area (Å²) in [5.41, 5.74) is 12.9. The number of nitrogens with one attached hydrogen (secondary N) is 2. The number of carbonyl (C=O) groups is 1. The Morgan fingerprint density at radius 2 is 1.98 bits per heavy atom. The lowest BCUT2D eigenvalue weighted by Gasteiger charge is -2.27. The molecule has 0 radical (unpaired) electrons. The first-order valence-corrected chi connectivity index (χ1v) is 16.1. The summed E-state index contributed by atoms with van der Waals surface area (Å²) < 4.78 is 6.15. The third-order valence-corrected chi connectivity index (χ3v) is 7.58. The van der Waals surface area contributed by atoms with E-state index in [9.17, 15) is 4.79 Å². The van der Waals surface area contributed by atoms with Crippen LogP contribution < -0.4 is 16.4 Å². The van der Waals surface area contributed by atoms with Crippen LogP contribution in [0.5, 0.6) is 0 Å². The van der Waals surface area contributed by atoms with Crippen molar-refractivity contribution in [2.24, 2.45) is 15.7 Å². The second-order valence-electron chi connectivity index (χ2n) is 11.4. The van der Waals surface area contributed by atoms with Gasteiger partial charge in [-0.25, -0.2) is 0 Å². The second kappa shape index (κ2) is 20.7. The molecule has 4 N–H and O–H groups in total. The standard InChI is InChI=1S/C37H55N7O2/c1-9-17-43(8)19-16-41-29(5)12-14-32(28(4)22-38)21-35-34-15-13-31(20-33(34)26-46-36(35)11-3)24-42-37(39-7)25-44(18-10-2)30(6)23-40-27-45/h11-16,20-21,27,29H,3-4,6,9-10,17-19,22-26,38H2,1-2,5,7-8H3,(H,39,42)(H,40,45)/b14-12-,32-21-,41-16+. The van der Waals surface area contributed by atoms with Gasteiger partial charge in [-0.1, -0.05) is 57.9 Å². The average Bonchev–Trinajstić information content (AvgIpc) is 3.06. The molecule has 1 heterocycles. The predicted octanol–water partition coefficient (Wildman–Crippen LogP) is 5.00. The molecular weight excluding hydrogens is 574 g/mol. The third kappa shape index (κ3) is 12.3. The molecule has 0 spiro atoms. The Morgan fingerprint density at radius 1 is 1.22 bits per heavy atom. The van der Waals surface area contributed by atoms with Crippen LogP contribution in [0.25, 0.3) is 5.57 Å². The highest BCUT2D eigenvalue weighted by atomic mass is 16.5. The molecule has 1 amide bonds. The molecule has 250 valence electrons. The summed E-state index contributed by atoms with van der Waals surface area (Å²) in [6, 6.07) is 6.43. The van der Waals surface area contributed by atoms with E-state index in [1.807, 2.05) is 12.3 Å². The van der Waals surface area contributed by atoms with Crippen molar-refractivity contribution in [2.45, 2.75) is 52.8 Å². The lowest BCUT2D eigenvalue weighted by Crippen LogP contribution is -2.39. The summed E-state index contributed by atoms with van der Waals surface area (Å²) in [6.45, 7) is 23.8. The number of benzene rings is 1. The molecule has 0 bridgehead atoms. The van der Waals surface area contributed by atoms with Crippen molar-refractivity contribution >= 4 is 24.0 Å². The van der Waals surface area contributed by atoms with E-state index in [-0.39, 0.29) is 6.04 Å². The smallest absolute Gasteiger partial charge is 0.207 e. The van der Waals surface area contributed by atoms with E-state index in [1.54, 1.807) is 13.1 Å². The highest BCUT2D eigenvalue weighted by Gasteiger charge is 2.19. The van der Waals surface area contributed by atoms with Crippen LogP contribution in [0.1, 0.15) is 50.3 Å².